The summed E-state index contributed by atoms with van der Waals surface area (Å²) in [6.45, 7) is 5.61. The van der Waals surface area contributed by atoms with Gasteiger partial charge in [-0.25, -0.2) is 10.3 Å². The number of anilines is 2. The quantitative estimate of drug-likeness (QED) is 0.0374. The van der Waals surface area contributed by atoms with Crippen LogP contribution in [0, 0.1) is 0 Å². The molecule has 338 valence electrons. The Morgan fingerprint density at radius 3 is 1.09 bits per heavy atom. The van der Waals surface area contributed by atoms with E-state index in [1.54, 1.807) is 12.1 Å². The number of hydrogen-bond acceptors (Lipinski definition) is 8. The number of rotatable bonds is 27. The standard InChI is InChI=1S/C50H60N6O6S2/c51-63(57,58)53-47-35-41(25-27-49(47)61-39-45-21-11-5-12-22-45)29-33-55(37-43-17-7-3-8-18-43)31-15-1-2-16-32-56(38-44-19-9-4-10-20-44)34-30-42-26-28-50(48(36-42)54-64(52,59)60)62-40-46-23-13-6-14-24-46/h3-14,17-28,35-36,53-54H,1-2,15-16,29-34,37-40H2,(H2,51,57,58)(H2,52,59,60). The number of nitrogens with one attached hydrogen (secondary N) is 2. The summed E-state index contributed by atoms with van der Waals surface area (Å²) in [4.78, 5) is 4.92. The topological polar surface area (TPSA) is 169 Å². The maximum Gasteiger partial charge on any atom is 0.296 e. The summed E-state index contributed by atoms with van der Waals surface area (Å²) < 4.78 is 65.3. The normalized spacial score (nSPS) is 11.8. The highest BCUT2D eigenvalue weighted by Gasteiger charge is 2.15. The molecule has 0 fully saturated rings. The predicted octanol–water partition coefficient (Wildman–Crippen LogP) is 8.43. The highest BCUT2D eigenvalue weighted by Crippen LogP contribution is 2.29. The lowest BCUT2D eigenvalue weighted by Gasteiger charge is -2.24. The third kappa shape index (κ3) is 17.4. The molecule has 0 aromatic heterocycles. The van der Waals surface area contributed by atoms with E-state index < -0.39 is 20.4 Å². The Morgan fingerprint density at radius 2 is 0.750 bits per heavy atom. The lowest BCUT2D eigenvalue weighted by Crippen LogP contribution is -2.28. The van der Waals surface area contributed by atoms with E-state index in [-0.39, 0.29) is 0 Å². The van der Waals surface area contributed by atoms with Crippen molar-refractivity contribution in [2.24, 2.45) is 10.3 Å². The molecule has 0 aliphatic rings. The second-order valence-electron chi connectivity index (χ2n) is 15.9. The van der Waals surface area contributed by atoms with Crippen molar-refractivity contribution in [1.82, 2.24) is 9.80 Å². The van der Waals surface area contributed by atoms with Crippen molar-refractivity contribution in [2.75, 3.05) is 35.6 Å². The molecule has 6 rings (SSSR count). The fourth-order valence-electron chi connectivity index (χ4n) is 7.48. The zero-order valence-corrected chi connectivity index (χ0v) is 37.9. The van der Waals surface area contributed by atoms with Crippen LogP contribution in [0.25, 0.3) is 0 Å². The van der Waals surface area contributed by atoms with E-state index in [1.165, 1.54) is 11.1 Å². The van der Waals surface area contributed by atoms with Gasteiger partial charge in [0.05, 0.1) is 11.4 Å². The fraction of sp³-hybridized carbons (Fsp3) is 0.280. The molecular weight excluding hydrogens is 845 g/mol. The molecule has 0 aliphatic heterocycles. The molecule has 0 saturated carbocycles. The molecule has 0 spiro atoms. The number of ether oxygens (including phenoxy) is 2. The molecule has 64 heavy (non-hydrogen) atoms. The van der Waals surface area contributed by atoms with Gasteiger partial charge in [0.25, 0.3) is 20.4 Å². The zero-order valence-electron chi connectivity index (χ0n) is 36.2. The van der Waals surface area contributed by atoms with Crippen molar-refractivity contribution in [3.63, 3.8) is 0 Å². The third-order valence-corrected chi connectivity index (χ3v) is 11.7. The molecular formula is C50H60N6O6S2. The molecule has 0 unspecified atom stereocenters. The van der Waals surface area contributed by atoms with Gasteiger partial charge < -0.3 is 9.47 Å². The van der Waals surface area contributed by atoms with Crippen LogP contribution < -0.4 is 29.2 Å². The largest absolute Gasteiger partial charge is 0.487 e. The number of unbranched alkanes of at least 4 members (excludes halogenated alkanes) is 3. The van der Waals surface area contributed by atoms with Gasteiger partial charge in [0, 0.05) is 26.2 Å². The van der Waals surface area contributed by atoms with Crippen molar-refractivity contribution in [1.29, 1.82) is 0 Å². The molecule has 0 saturated heterocycles. The highest BCUT2D eigenvalue weighted by atomic mass is 32.2. The van der Waals surface area contributed by atoms with Crippen LogP contribution in [0.2, 0.25) is 0 Å². The van der Waals surface area contributed by atoms with Gasteiger partial charge in [0.1, 0.15) is 24.7 Å². The lowest BCUT2D eigenvalue weighted by atomic mass is 10.1. The van der Waals surface area contributed by atoms with E-state index in [2.05, 4.69) is 67.8 Å². The molecule has 0 atom stereocenters. The van der Waals surface area contributed by atoms with Gasteiger partial charge in [-0.1, -0.05) is 146 Å². The summed E-state index contributed by atoms with van der Waals surface area (Å²) >= 11 is 0. The molecule has 6 N–H and O–H groups in total. The number of hydrogen-bond donors (Lipinski definition) is 4. The van der Waals surface area contributed by atoms with E-state index in [9.17, 15) is 16.8 Å². The van der Waals surface area contributed by atoms with Crippen LogP contribution in [0.3, 0.4) is 0 Å². The molecule has 0 bridgehead atoms. The number of nitrogens with zero attached hydrogens (tertiary/aromatic N) is 2. The number of nitrogens with two attached hydrogens (primary N) is 2. The van der Waals surface area contributed by atoms with Crippen LogP contribution in [-0.4, -0.2) is 52.8 Å². The van der Waals surface area contributed by atoms with Gasteiger partial charge in [0.2, 0.25) is 0 Å². The average molecular weight is 905 g/mol. The summed E-state index contributed by atoms with van der Waals surface area (Å²) in [7, 11) is -8.04. The summed E-state index contributed by atoms with van der Waals surface area (Å²) in [6.07, 6.45) is 5.65. The molecule has 6 aromatic rings. The molecule has 12 nitrogen and oxygen atoms in total. The maximum atomic E-state index is 12.1. The van der Waals surface area contributed by atoms with Gasteiger partial charge >= 0.3 is 0 Å². The van der Waals surface area contributed by atoms with Crippen LogP contribution in [-0.2, 0) is 59.6 Å². The molecule has 14 heteroatoms. The van der Waals surface area contributed by atoms with Crippen molar-refractivity contribution in [2.45, 2.75) is 64.8 Å². The first-order valence-corrected chi connectivity index (χ1v) is 24.8. The first-order valence-electron chi connectivity index (χ1n) is 21.7. The highest BCUT2D eigenvalue weighted by molar-refractivity contribution is 7.90. The summed E-state index contributed by atoms with van der Waals surface area (Å²) in [5.74, 6) is 0.825. The second kappa shape index (κ2) is 24.4. The third-order valence-electron chi connectivity index (χ3n) is 10.7. The van der Waals surface area contributed by atoms with Crippen LogP contribution in [0.4, 0.5) is 11.4 Å². The predicted molar refractivity (Wildman–Crippen MR) is 257 cm³/mol. The Hall–Kier alpha value is -5.74. The summed E-state index contributed by atoms with van der Waals surface area (Å²) in [5.41, 5.74) is 6.99. The maximum absolute atomic E-state index is 12.1. The average Bonchev–Trinajstić information content (AvgIpc) is 3.28. The van der Waals surface area contributed by atoms with Crippen molar-refractivity contribution < 1.29 is 26.3 Å². The minimum Gasteiger partial charge on any atom is -0.487 e. The number of benzene rings is 6. The lowest BCUT2D eigenvalue weighted by molar-refractivity contribution is 0.250. The Kier molecular flexibility index (Phi) is 18.2. The molecule has 0 radical (unpaired) electrons. The van der Waals surface area contributed by atoms with Gasteiger partial charge in [-0.2, -0.15) is 16.8 Å². The van der Waals surface area contributed by atoms with Gasteiger partial charge in [-0.15, -0.1) is 0 Å². The Bertz CT molecular complexity index is 2360. The van der Waals surface area contributed by atoms with Gasteiger partial charge in [0.15, 0.2) is 0 Å². The Morgan fingerprint density at radius 1 is 0.406 bits per heavy atom. The summed E-state index contributed by atoms with van der Waals surface area (Å²) in [6, 6.07) is 51.5. The molecule has 0 aliphatic carbocycles. The van der Waals surface area contributed by atoms with Crippen LogP contribution >= 0.6 is 0 Å². The first-order chi connectivity index (χ1) is 30.9. The Balaban J connectivity index is 1.03. The minimum atomic E-state index is -4.02. The monoisotopic (exact) mass is 904 g/mol. The Labute approximate surface area is 379 Å². The minimum absolute atomic E-state index is 0.292. The van der Waals surface area contributed by atoms with Crippen LogP contribution in [0.15, 0.2) is 158 Å². The van der Waals surface area contributed by atoms with E-state index in [4.69, 9.17) is 19.8 Å². The summed E-state index contributed by atoms with van der Waals surface area (Å²) in [5, 5.41) is 10.8. The van der Waals surface area contributed by atoms with E-state index >= 15 is 0 Å². The van der Waals surface area contributed by atoms with E-state index in [0.29, 0.717) is 48.9 Å². The van der Waals surface area contributed by atoms with Crippen LogP contribution in [0.5, 0.6) is 11.5 Å². The molecule has 0 amide bonds. The van der Waals surface area contributed by atoms with E-state index in [1.807, 2.05) is 97.1 Å². The smallest absolute Gasteiger partial charge is 0.296 e. The molecule has 6 aromatic carbocycles. The van der Waals surface area contributed by atoms with Crippen LogP contribution in [0.1, 0.15) is 59.1 Å². The van der Waals surface area contributed by atoms with Gasteiger partial charge in [-0.3, -0.25) is 19.2 Å². The first kappa shape index (κ1) is 47.7. The van der Waals surface area contributed by atoms with Crippen molar-refractivity contribution in [3.05, 3.63) is 191 Å². The van der Waals surface area contributed by atoms with Crippen molar-refractivity contribution in [3.8, 4) is 11.5 Å². The molecule has 0 heterocycles. The van der Waals surface area contributed by atoms with Gasteiger partial charge in [-0.05, 0) is 96.4 Å². The van der Waals surface area contributed by atoms with Crippen molar-refractivity contribution >= 4 is 31.8 Å². The zero-order chi connectivity index (χ0) is 45.0. The SMILES string of the molecule is NS(=O)(=O)Nc1cc(CCN(CCCCCCN(CCc2ccc(OCc3ccccc3)c(NS(N)(=O)=O)c2)Cc2ccccc2)Cc2ccccc2)ccc1OCc1ccccc1. The second-order valence-corrected chi connectivity index (χ2v) is 18.5. The van der Waals surface area contributed by atoms with E-state index in [0.717, 1.165) is 87.2 Å². The fourth-order valence-corrected chi connectivity index (χ4v) is 8.41.